The zero-order valence-corrected chi connectivity index (χ0v) is 15.0. The molecule has 3 atom stereocenters. The van der Waals surface area contributed by atoms with Crippen LogP contribution in [0.25, 0.3) is 10.8 Å². The van der Waals surface area contributed by atoms with Crippen LogP contribution in [-0.4, -0.2) is 42.5 Å². The van der Waals surface area contributed by atoms with E-state index >= 15 is 0 Å². The van der Waals surface area contributed by atoms with Crippen LogP contribution < -0.4 is 0 Å². The van der Waals surface area contributed by atoms with Gasteiger partial charge >= 0.3 is 0 Å². The van der Waals surface area contributed by atoms with Gasteiger partial charge in [0.1, 0.15) is 0 Å². The summed E-state index contributed by atoms with van der Waals surface area (Å²) in [7, 11) is 0. The highest BCUT2D eigenvalue weighted by molar-refractivity contribution is 5.85. The summed E-state index contributed by atoms with van der Waals surface area (Å²) in [4.78, 5) is 5.36. The normalized spacial score (nSPS) is 29.7. The maximum atomic E-state index is 2.72. The molecule has 25 heavy (non-hydrogen) atoms. The largest absolute Gasteiger partial charge is 0.300 e. The molecule has 2 aliphatic carbocycles. The Hall–Kier alpha value is -1.64. The first-order valence-electron chi connectivity index (χ1n) is 9.95. The summed E-state index contributed by atoms with van der Waals surface area (Å²) in [5.74, 6) is 2.72. The molecule has 0 N–H and O–H groups in total. The maximum Gasteiger partial charge on any atom is 0.0240 e. The molecule has 1 heterocycles. The van der Waals surface area contributed by atoms with Gasteiger partial charge in [-0.1, -0.05) is 54.6 Å². The topological polar surface area (TPSA) is 6.48 Å². The van der Waals surface area contributed by atoms with E-state index in [0.29, 0.717) is 0 Å². The number of nitrogens with zero attached hydrogens (tertiary/aromatic N) is 2. The van der Waals surface area contributed by atoms with Crippen LogP contribution in [-0.2, 0) is 6.54 Å². The lowest BCUT2D eigenvalue weighted by molar-refractivity contribution is 0.109. The van der Waals surface area contributed by atoms with Gasteiger partial charge in [-0.15, -0.1) is 0 Å². The predicted molar refractivity (Wildman–Crippen MR) is 105 cm³/mol. The first kappa shape index (κ1) is 15.6. The summed E-state index contributed by atoms with van der Waals surface area (Å²) < 4.78 is 0. The lowest BCUT2D eigenvalue weighted by atomic mass is 9.93. The van der Waals surface area contributed by atoms with E-state index in [-0.39, 0.29) is 0 Å². The Morgan fingerprint density at radius 3 is 2.40 bits per heavy atom. The van der Waals surface area contributed by atoms with Gasteiger partial charge in [0.05, 0.1) is 0 Å². The molecule has 0 aromatic heterocycles. The van der Waals surface area contributed by atoms with Crippen molar-refractivity contribution in [2.24, 2.45) is 17.8 Å². The Morgan fingerprint density at radius 1 is 0.800 bits per heavy atom. The zero-order chi connectivity index (χ0) is 16.6. The Morgan fingerprint density at radius 2 is 1.60 bits per heavy atom. The van der Waals surface area contributed by atoms with E-state index in [1.165, 1.54) is 61.9 Å². The van der Waals surface area contributed by atoms with E-state index in [0.717, 1.165) is 24.3 Å². The lowest BCUT2D eigenvalue weighted by Crippen LogP contribution is -2.47. The van der Waals surface area contributed by atoms with Crippen molar-refractivity contribution in [1.82, 2.24) is 9.80 Å². The number of benzene rings is 2. The first-order chi connectivity index (χ1) is 12.3. The van der Waals surface area contributed by atoms with Crippen LogP contribution in [0.1, 0.15) is 18.4 Å². The van der Waals surface area contributed by atoms with Crippen molar-refractivity contribution in [1.29, 1.82) is 0 Å². The van der Waals surface area contributed by atoms with E-state index in [4.69, 9.17) is 0 Å². The maximum absolute atomic E-state index is 2.72. The van der Waals surface area contributed by atoms with Crippen LogP contribution in [0, 0.1) is 17.8 Å². The average Bonchev–Trinajstić information content (AvgIpc) is 3.27. The molecule has 130 valence electrons. The Bertz CT molecular complexity index is 767. The third-order valence-electron chi connectivity index (χ3n) is 6.65. The van der Waals surface area contributed by atoms with Crippen LogP contribution >= 0.6 is 0 Å². The highest BCUT2D eigenvalue weighted by Crippen LogP contribution is 2.43. The third-order valence-corrected chi connectivity index (χ3v) is 6.65. The second-order valence-corrected chi connectivity index (χ2v) is 8.26. The third kappa shape index (κ3) is 3.14. The fourth-order valence-corrected chi connectivity index (χ4v) is 5.24. The minimum absolute atomic E-state index is 0.888. The fraction of sp³-hybridized carbons (Fsp3) is 0.478. The molecule has 0 radical (unpaired) electrons. The molecule has 5 rings (SSSR count). The standard InChI is InChI=1S/C23H28N2/c1-2-7-23-19(4-1)5-3-6-21(23)16-24-10-12-25(13-11-24)17-22-15-18-8-9-20(22)14-18/h1-9,18,20,22H,10-17H2/t18-,20+,22+/m1/s1. The molecule has 2 bridgehead atoms. The fourth-order valence-electron chi connectivity index (χ4n) is 5.24. The summed E-state index contributed by atoms with van der Waals surface area (Å²) >= 11 is 0. The van der Waals surface area contributed by atoms with Crippen molar-refractivity contribution in [3.63, 3.8) is 0 Å². The van der Waals surface area contributed by atoms with Crippen LogP contribution in [0.15, 0.2) is 54.6 Å². The molecule has 3 aliphatic rings. The Labute approximate surface area is 151 Å². The molecule has 2 heteroatoms. The van der Waals surface area contributed by atoms with Crippen LogP contribution in [0.2, 0.25) is 0 Å². The van der Waals surface area contributed by atoms with Gasteiger partial charge in [0.25, 0.3) is 0 Å². The van der Waals surface area contributed by atoms with E-state index in [2.05, 4.69) is 64.4 Å². The van der Waals surface area contributed by atoms with Crippen molar-refractivity contribution in [2.45, 2.75) is 19.4 Å². The van der Waals surface area contributed by atoms with Gasteiger partial charge in [-0.25, -0.2) is 0 Å². The first-order valence-corrected chi connectivity index (χ1v) is 9.95. The van der Waals surface area contributed by atoms with Crippen molar-refractivity contribution >= 4 is 10.8 Å². The summed E-state index contributed by atoms with van der Waals surface area (Å²) in [6.45, 7) is 7.31. The number of piperazine rings is 1. The molecule has 1 saturated heterocycles. The molecule has 2 fully saturated rings. The minimum atomic E-state index is 0.888. The second-order valence-electron chi connectivity index (χ2n) is 8.26. The van der Waals surface area contributed by atoms with Crippen molar-refractivity contribution in [3.05, 3.63) is 60.2 Å². The van der Waals surface area contributed by atoms with E-state index in [9.17, 15) is 0 Å². The molecule has 1 aliphatic heterocycles. The van der Waals surface area contributed by atoms with Gasteiger partial charge in [0.2, 0.25) is 0 Å². The molecule has 2 aromatic carbocycles. The van der Waals surface area contributed by atoms with Gasteiger partial charge in [-0.05, 0) is 46.9 Å². The van der Waals surface area contributed by atoms with Gasteiger partial charge in [0, 0.05) is 39.3 Å². The van der Waals surface area contributed by atoms with Gasteiger partial charge < -0.3 is 4.90 Å². The molecule has 1 saturated carbocycles. The highest BCUT2D eigenvalue weighted by Gasteiger charge is 2.36. The number of allylic oxidation sites excluding steroid dienone is 2. The van der Waals surface area contributed by atoms with Crippen LogP contribution in [0.5, 0.6) is 0 Å². The predicted octanol–water partition coefficient (Wildman–Crippen LogP) is 4.17. The average molecular weight is 332 g/mol. The van der Waals surface area contributed by atoms with Gasteiger partial charge in [-0.3, -0.25) is 4.90 Å². The molecule has 0 unspecified atom stereocenters. The second kappa shape index (κ2) is 6.59. The Balaban J connectivity index is 1.18. The van der Waals surface area contributed by atoms with Crippen molar-refractivity contribution in [3.8, 4) is 0 Å². The minimum Gasteiger partial charge on any atom is -0.300 e. The Kier molecular flexibility index (Phi) is 4.11. The number of rotatable bonds is 4. The summed E-state index contributed by atoms with van der Waals surface area (Å²) in [5.41, 5.74) is 1.48. The molecular formula is C23H28N2. The van der Waals surface area contributed by atoms with Crippen molar-refractivity contribution in [2.75, 3.05) is 32.7 Å². The van der Waals surface area contributed by atoms with Crippen molar-refractivity contribution < 1.29 is 0 Å². The van der Waals surface area contributed by atoms with E-state index in [1.54, 1.807) is 0 Å². The zero-order valence-electron chi connectivity index (χ0n) is 15.0. The molecule has 2 nitrogen and oxygen atoms in total. The quantitative estimate of drug-likeness (QED) is 0.775. The lowest BCUT2D eigenvalue weighted by Gasteiger charge is -2.37. The van der Waals surface area contributed by atoms with Gasteiger partial charge in [0.15, 0.2) is 0 Å². The number of hydrogen-bond donors (Lipinski definition) is 0. The summed E-state index contributed by atoms with van der Waals surface area (Å²) in [6.07, 6.45) is 7.84. The van der Waals surface area contributed by atoms with E-state index in [1.807, 2.05) is 0 Å². The number of hydrogen-bond acceptors (Lipinski definition) is 2. The molecule has 0 amide bonds. The monoisotopic (exact) mass is 332 g/mol. The SMILES string of the molecule is C1=C[C@H]2C[C@@H]1C[C@H]2CN1CCN(Cc2cccc3ccccc23)CC1. The van der Waals surface area contributed by atoms with Crippen LogP contribution in [0.3, 0.4) is 0 Å². The smallest absolute Gasteiger partial charge is 0.0240 e. The molecule has 0 spiro atoms. The van der Waals surface area contributed by atoms with E-state index < -0.39 is 0 Å². The van der Waals surface area contributed by atoms with Crippen LogP contribution in [0.4, 0.5) is 0 Å². The summed E-state index contributed by atoms with van der Waals surface area (Å²) in [6, 6.07) is 15.5. The highest BCUT2D eigenvalue weighted by atomic mass is 15.3. The molecule has 2 aromatic rings. The number of fused-ring (bicyclic) bond motifs is 3. The van der Waals surface area contributed by atoms with Gasteiger partial charge in [-0.2, -0.15) is 0 Å². The summed E-state index contributed by atoms with van der Waals surface area (Å²) in [5, 5.41) is 2.78. The molecular weight excluding hydrogens is 304 g/mol.